The van der Waals surface area contributed by atoms with Crippen molar-refractivity contribution in [1.82, 2.24) is 10.4 Å². The second kappa shape index (κ2) is 3.42. The molecule has 0 amide bonds. The van der Waals surface area contributed by atoms with Crippen molar-refractivity contribution < 1.29 is 4.79 Å². The average Bonchev–Trinajstić information content (AvgIpc) is 2.39. The van der Waals surface area contributed by atoms with Crippen LogP contribution in [0.25, 0.3) is 0 Å². The fourth-order valence-corrected chi connectivity index (χ4v) is 1.24. The third-order valence-corrected chi connectivity index (χ3v) is 1.87. The minimum Gasteiger partial charge on any atom is -0.375 e. The number of hydrogen-bond donors (Lipinski definition) is 3. The van der Waals surface area contributed by atoms with Crippen molar-refractivity contribution in [1.29, 1.82) is 0 Å². The maximum atomic E-state index is 10.3. The number of nitrogens with two attached hydrogens (primary N) is 2. The standard InChI is InChI=1S/C5H8N4OS/c6-5-8-4(2-11-5)3(1-10)9-7/h1-3,9H,7H2,(H2,6,8). The zero-order valence-corrected chi connectivity index (χ0v) is 6.47. The molecular weight excluding hydrogens is 164 g/mol. The van der Waals surface area contributed by atoms with E-state index in [0.29, 0.717) is 17.1 Å². The average molecular weight is 172 g/mol. The maximum absolute atomic E-state index is 10.3. The quantitative estimate of drug-likeness (QED) is 0.322. The molecule has 6 heteroatoms. The second-order valence-electron chi connectivity index (χ2n) is 1.89. The van der Waals surface area contributed by atoms with Crippen molar-refractivity contribution in [3.05, 3.63) is 11.1 Å². The third-order valence-electron chi connectivity index (χ3n) is 1.17. The van der Waals surface area contributed by atoms with Gasteiger partial charge in [0.1, 0.15) is 12.3 Å². The lowest BCUT2D eigenvalue weighted by atomic mass is 10.3. The van der Waals surface area contributed by atoms with Crippen LogP contribution in [0.15, 0.2) is 5.38 Å². The SMILES string of the molecule is NNC(C=O)c1csc(N)n1. The molecule has 0 aliphatic carbocycles. The van der Waals surface area contributed by atoms with Crippen LogP contribution in [-0.4, -0.2) is 11.3 Å². The summed E-state index contributed by atoms with van der Waals surface area (Å²) in [5.74, 6) is 5.07. The molecule has 0 radical (unpaired) electrons. The van der Waals surface area contributed by atoms with Crippen LogP contribution >= 0.6 is 11.3 Å². The van der Waals surface area contributed by atoms with E-state index >= 15 is 0 Å². The molecule has 0 saturated carbocycles. The van der Waals surface area contributed by atoms with E-state index < -0.39 is 6.04 Å². The van der Waals surface area contributed by atoms with Crippen molar-refractivity contribution >= 4 is 22.8 Å². The molecule has 1 aromatic heterocycles. The Balaban J connectivity index is 2.81. The van der Waals surface area contributed by atoms with Gasteiger partial charge in [-0.1, -0.05) is 0 Å². The number of carbonyl (C=O) groups is 1. The molecule has 1 unspecified atom stereocenters. The molecular formula is C5H8N4OS. The Morgan fingerprint density at radius 3 is 2.91 bits per heavy atom. The number of hydrazine groups is 1. The van der Waals surface area contributed by atoms with Crippen molar-refractivity contribution in [2.75, 3.05) is 5.73 Å². The molecule has 0 fully saturated rings. The summed E-state index contributed by atoms with van der Waals surface area (Å²) in [5.41, 5.74) is 8.21. The zero-order valence-electron chi connectivity index (χ0n) is 5.65. The van der Waals surface area contributed by atoms with E-state index in [9.17, 15) is 4.79 Å². The highest BCUT2D eigenvalue weighted by Gasteiger charge is 2.10. The van der Waals surface area contributed by atoms with Gasteiger partial charge in [0.05, 0.1) is 5.69 Å². The summed E-state index contributed by atoms with van der Waals surface area (Å²) in [5, 5.41) is 2.12. The smallest absolute Gasteiger partial charge is 0.180 e. The van der Waals surface area contributed by atoms with Gasteiger partial charge >= 0.3 is 0 Å². The van der Waals surface area contributed by atoms with Crippen LogP contribution in [0.1, 0.15) is 11.7 Å². The highest BCUT2D eigenvalue weighted by atomic mass is 32.1. The first kappa shape index (κ1) is 8.12. The molecule has 0 bridgehead atoms. The van der Waals surface area contributed by atoms with Gasteiger partial charge in [-0.25, -0.2) is 10.4 Å². The lowest BCUT2D eigenvalue weighted by Gasteiger charge is -2.02. The Labute approximate surface area is 67.4 Å². The Kier molecular flexibility index (Phi) is 2.53. The molecule has 5 N–H and O–H groups in total. The van der Waals surface area contributed by atoms with Crippen LogP contribution < -0.4 is 17.0 Å². The van der Waals surface area contributed by atoms with Gasteiger partial charge in [0.15, 0.2) is 5.13 Å². The number of nitrogens with zero attached hydrogens (tertiary/aromatic N) is 1. The van der Waals surface area contributed by atoms with Crippen molar-refractivity contribution in [3.8, 4) is 0 Å². The number of carbonyl (C=O) groups excluding carboxylic acids is 1. The number of rotatable bonds is 3. The van der Waals surface area contributed by atoms with E-state index in [1.165, 1.54) is 11.3 Å². The van der Waals surface area contributed by atoms with E-state index in [1.807, 2.05) is 0 Å². The monoisotopic (exact) mass is 172 g/mol. The van der Waals surface area contributed by atoms with E-state index in [-0.39, 0.29) is 0 Å². The highest BCUT2D eigenvalue weighted by molar-refractivity contribution is 7.13. The van der Waals surface area contributed by atoms with Gasteiger partial charge in [-0.15, -0.1) is 11.3 Å². The number of anilines is 1. The normalized spacial score (nSPS) is 12.8. The van der Waals surface area contributed by atoms with Crippen molar-refractivity contribution in [3.63, 3.8) is 0 Å². The van der Waals surface area contributed by atoms with E-state index in [2.05, 4.69) is 10.4 Å². The molecule has 5 nitrogen and oxygen atoms in total. The van der Waals surface area contributed by atoms with Gasteiger partial charge in [-0.2, -0.15) is 0 Å². The first-order valence-electron chi connectivity index (χ1n) is 2.90. The highest BCUT2D eigenvalue weighted by Crippen LogP contribution is 2.15. The number of aldehydes is 1. The third kappa shape index (κ3) is 1.73. The molecule has 0 aromatic carbocycles. The number of thiazole rings is 1. The molecule has 0 spiro atoms. The van der Waals surface area contributed by atoms with Crippen LogP contribution in [0.2, 0.25) is 0 Å². The Morgan fingerprint density at radius 2 is 2.55 bits per heavy atom. The summed E-state index contributed by atoms with van der Waals surface area (Å²) in [4.78, 5) is 14.2. The molecule has 0 aliphatic rings. The van der Waals surface area contributed by atoms with Crippen LogP contribution in [0, 0.1) is 0 Å². The molecule has 1 rings (SSSR count). The van der Waals surface area contributed by atoms with Gasteiger partial charge < -0.3 is 10.5 Å². The molecule has 0 aliphatic heterocycles. The Bertz CT molecular complexity index is 248. The molecule has 11 heavy (non-hydrogen) atoms. The zero-order chi connectivity index (χ0) is 8.27. The number of nitrogen functional groups attached to an aromatic ring is 1. The molecule has 1 aromatic rings. The first-order valence-corrected chi connectivity index (χ1v) is 3.78. The van der Waals surface area contributed by atoms with Gasteiger partial charge in [0.2, 0.25) is 0 Å². The van der Waals surface area contributed by atoms with E-state index in [4.69, 9.17) is 11.6 Å². The summed E-state index contributed by atoms with van der Waals surface area (Å²) in [7, 11) is 0. The summed E-state index contributed by atoms with van der Waals surface area (Å²) in [6, 6.07) is -0.552. The molecule has 0 saturated heterocycles. The summed E-state index contributed by atoms with van der Waals surface area (Å²) in [6.45, 7) is 0. The largest absolute Gasteiger partial charge is 0.375 e. The number of hydrogen-bond acceptors (Lipinski definition) is 6. The predicted molar refractivity (Wildman–Crippen MR) is 42.7 cm³/mol. The second-order valence-corrected chi connectivity index (χ2v) is 2.78. The fraction of sp³-hybridized carbons (Fsp3) is 0.200. The predicted octanol–water partition coefficient (Wildman–Crippen LogP) is -0.571. The van der Waals surface area contributed by atoms with E-state index in [0.717, 1.165) is 0 Å². The Hall–Kier alpha value is -0.980. The Morgan fingerprint density at radius 1 is 1.82 bits per heavy atom. The number of aromatic nitrogens is 1. The lowest BCUT2D eigenvalue weighted by Crippen LogP contribution is -2.29. The van der Waals surface area contributed by atoms with Crippen molar-refractivity contribution in [2.45, 2.75) is 6.04 Å². The topological polar surface area (TPSA) is 94.0 Å². The van der Waals surface area contributed by atoms with Gasteiger partial charge in [0, 0.05) is 5.38 Å². The lowest BCUT2D eigenvalue weighted by molar-refractivity contribution is -0.109. The summed E-state index contributed by atoms with van der Waals surface area (Å²) in [6.07, 6.45) is 0.675. The minimum absolute atomic E-state index is 0.433. The summed E-state index contributed by atoms with van der Waals surface area (Å²) >= 11 is 1.28. The fourth-order valence-electron chi connectivity index (χ4n) is 0.638. The minimum atomic E-state index is -0.552. The van der Waals surface area contributed by atoms with Crippen LogP contribution in [-0.2, 0) is 4.79 Å². The molecule has 1 heterocycles. The van der Waals surface area contributed by atoms with Crippen LogP contribution in [0.5, 0.6) is 0 Å². The number of nitrogens with one attached hydrogen (secondary N) is 1. The maximum Gasteiger partial charge on any atom is 0.180 e. The first-order chi connectivity index (χ1) is 5.27. The molecule has 1 atom stereocenters. The van der Waals surface area contributed by atoms with Gasteiger partial charge in [0.25, 0.3) is 0 Å². The molecule has 60 valence electrons. The van der Waals surface area contributed by atoms with E-state index in [1.54, 1.807) is 5.38 Å². The van der Waals surface area contributed by atoms with Gasteiger partial charge in [-0.05, 0) is 0 Å². The van der Waals surface area contributed by atoms with Crippen LogP contribution in [0.3, 0.4) is 0 Å². The van der Waals surface area contributed by atoms with Gasteiger partial charge in [-0.3, -0.25) is 5.84 Å². The van der Waals surface area contributed by atoms with Crippen molar-refractivity contribution in [2.24, 2.45) is 5.84 Å². The summed E-state index contributed by atoms with van der Waals surface area (Å²) < 4.78 is 0. The van der Waals surface area contributed by atoms with Crippen LogP contribution in [0.4, 0.5) is 5.13 Å².